The molecule has 0 aliphatic heterocycles. The van der Waals surface area contributed by atoms with E-state index in [0.29, 0.717) is 5.56 Å². The van der Waals surface area contributed by atoms with Crippen LogP contribution in [0.25, 0.3) is 70.8 Å². The van der Waals surface area contributed by atoms with Crippen LogP contribution in [0.1, 0.15) is 36.0 Å². The first-order valence-corrected chi connectivity index (χ1v) is 22.8. The van der Waals surface area contributed by atoms with Crippen molar-refractivity contribution in [3.05, 3.63) is 163 Å². The number of fused-ring (bicyclic) bond motifs is 4. The number of pyridine rings is 2. The molecule has 9 rings (SSSR count). The number of hydrogen-bond acceptors (Lipinski definition) is 4. The molecule has 0 spiro atoms. The van der Waals surface area contributed by atoms with Crippen LogP contribution < -0.4 is 5.19 Å². The van der Waals surface area contributed by atoms with Gasteiger partial charge in [0.05, 0.1) is 24.9 Å². The average molecular weight is 944 g/mol. The molecule has 4 aromatic heterocycles. The molecule has 7 heteroatoms. The molecule has 4 heterocycles. The monoisotopic (exact) mass is 944 g/mol. The Morgan fingerprint density at radius 2 is 1.54 bits per heavy atom. The van der Waals surface area contributed by atoms with Crippen LogP contribution in [0.15, 0.2) is 140 Å². The molecule has 0 atom stereocenters. The third-order valence-electron chi connectivity index (χ3n) is 9.92. The van der Waals surface area contributed by atoms with Gasteiger partial charge in [-0.2, -0.15) is 11.3 Å². The maximum atomic E-state index is 7.74. The normalized spacial score (nSPS) is 12.7. The Labute approximate surface area is 352 Å². The van der Waals surface area contributed by atoms with E-state index in [9.17, 15) is 0 Å². The van der Waals surface area contributed by atoms with E-state index < -0.39 is 14.9 Å². The molecule has 0 saturated carbocycles. The molecule has 5 aromatic carbocycles. The molecule has 0 amide bonds. The smallest absolute Gasteiger partial charge is 0.114 e. The second-order valence-electron chi connectivity index (χ2n) is 15.8. The van der Waals surface area contributed by atoms with Crippen molar-refractivity contribution in [2.45, 2.75) is 52.7 Å². The molecular weight excluding hydrogens is 897 g/mol. The predicted molar refractivity (Wildman–Crippen MR) is 236 cm³/mol. The van der Waals surface area contributed by atoms with Crippen LogP contribution in [-0.2, 0) is 25.5 Å². The summed E-state index contributed by atoms with van der Waals surface area (Å²) in [6.07, 6.45) is 3.84. The maximum absolute atomic E-state index is 7.74. The average Bonchev–Trinajstić information content (AvgIpc) is 3.80. The summed E-state index contributed by atoms with van der Waals surface area (Å²) in [5, 5.41) is 3.52. The molecule has 281 valence electrons. The third kappa shape index (κ3) is 7.82. The summed E-state index contributed by atoms with van der Waals surface area (Å²) in [6, 6.07) is 49.1. The van der Waals surface area contributed by atoms with Crippen LogP contribution in [0.3, 0.4) is 0 Å². The number of nitrogens with zero attached hydrogens (tertiary/aromatic N) is 4. The molecule has 0 unspecified atom stereocenters. The van der Waals surface area contributed by atoms with Crippen LogP contribution >= 0.6 is 11.3 Å². The van der Waals surface area contributed by atoms with Gasteiger partial charge in [0, 0.05) is 47.7 Å². The Morgan fingerprint density at radius 1 is 0.768 bits per heavy atom. The molecule has 0 fully saturated rings. The van der Waals surface area contributed by atoms with E-state index >= 15 is 0 Å². The summed E-state index contributed by atoms with van der Waals surface area (Å²) in [5.41, 5.74) is 9.64. The van der Waals surface area contributed by atoms with Crippen molar-refractivity contribution in [1.82, 2.24) is 19.5 Å². The first-order valence-electron chi connectivity index (χ1n) is 20.0. The Bertz CT molecular complexity index is 2870. The molecule has 9 aromatic rings. The van der Waals surface area contributed by atoms with Gasteiger partial charge in [-0.25, -0.2) is 4.98 Å². The van der Waals surface area contributed by atoms with Crippen molar-refractivity contribution in [3.63, 3.8) is 0 Å². The summed E-state index contributed by atoms with van der Waals surface area (Å²) in [5.74, 6) is 0.834. The minimum atomic E-state index is -2.13. The van der Waals surface area contributed by atoms with E-state index in [1.54, 1.807) is 23.5 Å². The summed E-state index contributed by atoms with van der Waals surface area (Å²) >= 11 is 1.63. The van der Waals surface area contributed by atoms with Crippen LogP contribution in [0.5, 0.6) is 0 Å². The van der Waals surface area contributed by atoms with Crippen molar-refractivity contribution in [2.24, 2.45) is 0 Å². The molecule has 56 heavy (non-hydrogen) atoms. The summed E-state index contributed by atoms with van der Waals surface area (Å²) in [6.45, 7) is 11.5. The van der Waals surface area contributed by atoms with Crippen LogP contribution in [0.2, 0.25) is 19.6 Å². The summed E-state index contributed by atoms with van der Waals surface area (Å²) in [7, 11) is -1.23. The number of hydrogen-bond donors (Lipinski definition) is 0. The molecular formula is C49H44IrN4SSi-2. The minimum Gasteiger partial charge on any atom is -0.333 e. The quantitative estimate of drug-likeness (QED) is 0.128. The van der Waals surface area contributed by atoms with Gasteiger partial charge in [-0.15, -0.1) is 54.1 Å². The number of para-hydroxylation sites is 2. The van der Waals surface area contributed by atoms with Crippen LogP contribution in [0, 0.1) is 19.0 Å². The van der Waals surface area contributed by atoms with Crippen LogP contribution in [0.4, 0.5) is 0 Å². The van der Waals surface area contributed by atoms with Gasteiger partial charge in [0.2, 0.25) is 0 Å². The zero-order chi connectivity index (χ0) is 40.8. The van der Waals surface area contributed by atoms with Crippen molar-refractivity contribution >= 4 is 55.9 Å². The van der Waals surface area contributed by atoms with Gasteiger partial charge < -0.3 is 9.55 Å². The number of benzene rings is 5. The van der Waals surface area contributed by atoms with Gasteiger partial charge in [-0.1, -0.05) is 118 Å². The van der Waals surface area contributed by atoms with Gasteiger partial charge in [-0.05, 0) is 74.9 Å². The minimum absolute atomic E-state index is 0. The first-order chi connectivity index (χ1) is 27.7. The van der Waals surface area contributed by atoms with Gasteiger partial charge in [0.1, 0.15) is 4.83 Å². The van der Waals surface area contributed by atoms with E-state index in [4.69, 9.17) is 14.1 Å². The molecule has 0 aliphatic rings. The number of aryl methyl sites for hydroxylation is 1. The second-order valence-corrected chi connectivity index (χ2v) is 21.9. The van der Waals surface area contributed by atoms with E-state index in [-0.39, 0.29) is 25.5 Å². The molecule has 0 saturated heterocycles. The first kappa shape index (κ1) is 35.4. The Hall–Kier alpha value is -5.04. The number of imidazole rings is 1. The van der Waals surface area contributed by atoms with E-state index in [1.165, 1.54) is 10.8 Å². The molecule has 4 nitrogen and oxygen atoms in total. The van der Waals surface area contributed by atoms with Crippen molar-refractivity contribution in [1.29, 1.82) is 0 Å². The third-order valence-corrected chi connectivity index (χ3v) is 13.1. The Morgan fingerprint density at radius 3 is 2.21 bits per heavy atom. The van der Waals surface area contributed by atoms with Crippen LogP contribution in [-0.4, -0.2) is 27.6 Å². The topological polar surface area (TPSA) is 43.6 Å². The number of aromatic nitrogens is 4. The predicted octanol–water partition coefficient (Wildman–Crippen LogP) is 12.6. The number of thiophene rings is 1. The van der Waals surface area contributed by atoms with E-state index in [2.05, 4.69) is 111 Å². The standard InChI is InChI=1S/C35H28N3S.C14H16NSi.Ir/c1-22-12-14-23(15-13-22)26-20-21-36-34-31(26)27-8-7-9-28(32(27)39-34)33-37-29-10-5-6-11-30(29)38(33)25-18-16-24(17-19-25)35(2,3)4;1-16(2,3)13-9-10-14(15-11-13)12-7-5-4-6-8-12;/h5-8,10-21H,1-4H3;4-7,9-11H,1-3H3;/q2*-1;/i1D3;;. The van der Waals surface area contributed by atoms with Gasteiger partial charge in [0.15, 0.2) is 0 Å². The molecule has 0 aliphatic carbocycles. The fraction of sp³-hybridized carbons (Fsp3) is 0.163. The Balaban J connectivity index is 0.000000262. The fourth-order valence-electron chi connectivity index (χ4n) is 6.84. The summed E-state index contributed by atoms with van der Waals surface area (Å²) < 4.78 is 26.5. The molecule has 1 radical (unpaired) electrons. The van der Waals surface area contributed by atoms with Crippen molar-refractivity contribution in [3.8, 4) is 39.5 Å². The maximum Gasteiger partial charge on any atom is 0.114 e. The van der Waals surface area contributed by atoms with Crippen molar-refractivity contribution in [2.75, 3.05) is 0 Å². The zero-order valence-corrected chi connectivity index (χ0v) is 36.5. The SMILES string of the molecule is C[Si](C)(C)c1ccc(-c2[c-]cccc2)nc1.[2H]C([2H])([2H])c1ccc(-c2ccnc3sc4c(-c5nc6ccccc6n5-c5ccc(C(C)(C)C)cc5)[c-]ccc4c23)cc1.[Ir]. The van der Waals surface area contributed by atoms with Gasteiger partial charge in [-0.3, -0.25) is 4.98 Å². The van der Waals surface area contributed by atoms with E-state index in [0.717, 1.165) is 70.8 Å². The van der Waals surface area contributed by atoms with Gasteiger partial charge >= 0.3 is 0 Å². The Kier molecular flexibility index (Phi) is 10.0. The molecule has 0 N–H and O–H groups in total. The second kappa shape index (κ2) is 15.8. The fourth-order valence-corrected chi connectivity index (χ4v) is 9.03. The largest absolute Gasteiger partial charge is 0.333 e. The van der Waals surface area contributed by atoms with Crippen molar-refractivity contribution < 1.29 is 24.2 Å². The zero-order valence-electron chi connectivity index (χ0n) is 35.3. The molecule has 0 bridgehead atoms. The van der Waals surface area contributed by atoms with E-state index in [1.807, 2.05) is 79.1 Å². The number of rotatable bonds is 5. The summed E-state index contributed by atoms with van der Waals surface area (Å²) in [4.78, 5) is 15.3. The van der Waals surface area contributed by atoms with Gasteiger partial charge in [0.25, 0.3) is 0 Å².